The minimum atomic E-state index is -1.33. The molecule has 9 rings (SSSR count). The van der Waals surface area contributed by atoms with Crippen LogP contribution < -0.4 is 21.7 Å². The zero-order valence-electron chi connectivity index (χ0n) is 61.1. The lowest BCUT2D eigenvalue weighted by molar-refractivity contribution is -0.238. The molecule has 0 unspecified atom stereocenters. The number of hydrogen-bond acceptors (Lipinski definition) is 37. The summed E-state index contributed by atoms with van der Waals surface area (Å²) in [7, 11) is 0. The molecule has 6 bridgehead atoms. The topological polar surface area (TPSA) is 521 Å². The molecule has 44 heteroatoms. The fraction of sp³-hybridized carbons (Fsp3) is 0.859. The first-order valence-electron chi connectivity index (χ1n) is 35.7. The quantitative estimate of drug-likeness (QED) is 0.0235. The van der Waals surface area contributed by atoms with E-state index in [0.717, 1.165) is 0 Å². The van der Waals surface area contributed by atoms with Gasteiger partial charge in [-0.3, -0.25) is 14.4 Å². The van der Waals surface area contributed by atoms with Crippen molar-refractivity contribution in [2.24, 2.45) is 5.73 Å². The number of nitrogens with two attached hydrogens (primary N) is 1. The molecular formula is C64H108ClN13O30. The van der Waals surface area contributed by atoms with Crippen molar-refractivity contribution in [2.45, 2.75) is 156 Å². The lowest BCUT2D eigenvalue weighted by Crippen LogP contribution is -2.66. The Labute approximate surface area is 629 Å². The number of aliphatic hydroxyl groups is 6. The average Bonchev–Trinajstić information content (AvgIpc) is 1.60. The zero-order valence-corrected chi connectivity index (χ0v) is 61.9. The second kappa shape index (κ2) is 45.6. The van der Waals surface area contributed by atoms with Gasteiger partial charge in [-0.25, -0.2) is 14.0 Å². The molecule has 3 amide bonds. The van der Waals surface area contributed by atoms with Gasteiger partial charge >= 0.3 is 0 Å². The predicted molar refractivity (Wildman–Crippen MR) is 363 cm³/mol. The summed E-state index contributed by atoms with van der Waals surface area (Å²) in [6, 6.07) is -2.68. The first-order valence-corrected chi connectivity index (χ1v) is 35.7. The van der Waals surface area contributed by atoms with Crippen molar-refractivity contribution in [3.05, 3.63) is 35.7 Å². The summed E-state index contributed by atoms with van der Waals surface area (Å²) in [5.41, 5.74) is 3.71. The van der Waals surface area contributed by atoms with Crippen LogP contribution >= 0.6 is 12.4 Å². The molecule has 0 saturated carbocycles. The number of fused-ring (bicyclic) bond motifs is 6. The predicted octanol–water partition coefficient (Wildman–Crippen LogP) is -7.21. The van der Waals surface area contributed by atoms with E-state index in [-0.39, 0.29) is 149 Å². The largest absolute Gasteiger partial charge is 0.388 e. The number of nitrogens with zero attached hydrogens (tertiary/aromatic N) is 9. The number of halogens is 1. The maximum atomic E-state index is 11.5. The Bertz CT molecular complexity index is 2760. The average molecular weight is 1580 g/mol. The second-order valence-electron chi connectivity index (χ2n) is 26.5. The molecule has 6 aliphatic heterocycles. The van der Waals surface area contributed by atoms with Crippen LogP contribution in [0.5, 0.6) is 0 Å². The number of ether oxygens (including phenoxy) is 21. The molecule has 0 aliphatic carbocycles. The third kappa shape index (κ3) is 27.1. The first-order chi connectivity index (χ1) is 51.8. The Morgan fingerprint density at radius 2 is 0.639 bits per heavy atom. The van der Waals surface area contributed by atoms with Crippen LogP contribution in [0, 0.1) is 0 Å². The van der Waals surface area contributed by atoms with Gasteiger partial charge in [0, 0.05) is 20.8 Å². The Hall–Kier alpha value is -5.00. The van der Waals surface area contributed by atoms with Gasteiger partial charge in [-0.15, -0.1) is 27.7 Å². The van der Waals surface area contributed by atoms with Crippen LogP contribution in [-0.2, 0) is 153 Å². The van der Waals surface area contributed by atoms with Crippen molar-refractivity contribution in [2.75, 3.05) is 198 Å². The van der Waals surface area contributed by atoms with Crippen molar-refractivity contribution < 1.29 is 144 Å². The molecule has 11 N–H and O–H groups in total. The van der Waals surface area contributed by atoms with Crippen LogP contribution in [0.25, 0.3) is 0 Å². The Morgan fingerprint density at radius 3 is 0.880 bits per heavy atom. The normalized spacial score (nSPS) is 27.8. The lowest BCUT2D eigenvalue weighted by atomic mass is 9.88. The van der Waals surface area contributed by atoms with Crippen molar-refractivity contribution in [1.82, 2.24) is 60.9 Å². The second-order valence-corrected chi connectivity index (χ2v) is 26.5. The summed E-state index contributed by atoms with van der Waals surface area (Å²) in [4.78, 5) is 34.6. The smallest absolute Gasteiger partial charge is 0.217 e. The van der Waals surface area contributed by atoms with Gasteiger partial charge < -0.3 is 152 Å². The van der Waals surface area contributed by atoms with Crippen LogP contribution in [0.4, 0.5) is 0 Å². The third-order valence-corrected chi connectivity index (χ3v) is 17.7. The van der Waals surface area contributed by atoms with Crippen molar-refractivity contribution in [3.63, 3.8) is 0 Å². The van der Waals surface area contributed by atoms with Crippen molar-refractivity contribution in [1.29, 1.82) is 0 Å². The number of carbonyl (C=O) groups excluding carboxylic acids is 3. The summed E-state index contributed by atoms with van der Waals surface area (Å²) in [5.74, 6) is -1.15. The van der Waals surface area contributed by atoms with Crippen LogP contribution in [0.1, 0.15) is 37.9 Å². The number of hydrogen-bond donors (Lipinski definition) is 10. The fourth-order valence-corrected chi connectivity index (χ4v) is 12.1. The number of nitrogens with one attached hydrogen (secondary N) is 3. The van der Waals surface area contributed by atoms with E-state index in [2.05, 4.69) is 46.9 Å². The summed E-state index contributed by atoms with van der Waals surface area (Å²) < 4.78 is 125. The molecule has 3 aromatic heterocycles. The number of amides is 3. The molecule has 6 aliphatic rings. The highest BCUT2D eigenvalue weighted by Crippen LogP contribution is 2.40. The van der Waals surface area contributed by atoms with E-state index in [1.165, 1.54) is 20.8 Å². The summed E-state index contributed by atoms with van der Waals surface area (Å²) in [6.45, 7) is 11.7. The molecule has 15 atom stereocenters. The molecule has 6 saturated heterocycles. The molecule has 6 fully saturated rings. The van der Waals surface area contributed by atoms with E-state index in [0.29, 0.717) is 136 Å². The van der Waals surface area contributed by atoms with Gasteiger partial charge in [0.05, 0.1) is 262 Å². The van der Waals surface area contributed by atoms with Gasteiger partial charge in [-0.2, -0.15) is 0 Å². The summed E-state index contributed by atoms with van der Waals surface area (Å²) in [6.07, 6.45) is -5.29. The molecule has 108 heavy (non-hydrogen) atoms. The number of carbonyl (C=O) groups is 3. The minimum absolute atomic E-state index is 0. The highest BCUT2D eigenvalue weighted by atomic mass is 35.5. The Balaban J connectivity index is 0.0000147. The van der Waals surface area contributed by atoms with E-state index in [1.54, 1.807) is 32.6 Å². The third-order valence-electron chi connectivity index (χ3n) is 17.7. The van der Waals surface area contributed by atoms with Crippen molar-refractivity contribution >= 4 is 30.1 Å². The SMILES string of the molecule is CC(=O)N[C@H]1[C@H]2OC[C@](COCCOCCOCCOCCn3cc(COCC(N)(COCc4cn(CCOCCOCCOCCOC[C@@]56CO[C@@H](O5)[C@H](NC(C)=O)[C@@H](O)[C@H]6O)nn4)COCc4cn(CCOCCOCCOCCOC[C@@]56CO[C@@H](O5)[C@H](NC(C)=O)[C@@H](O)[C@H]6O)nn4)nn3)(O2)[C@H](O)[C@@H]1O.Cl. The molecular weight excluding hydrogens is 1470 g/mol. The van der Waals surface area contributed by atoms with E-state index in [1.807, 2.05) is 0 Å². The Kier molecular flexibility index (Phi) is 37.4. The highest BCUT2D eigenvalue weighted by Gasteiger charge is 2.62. The van der Waals surface area contributed by atoms with Gasteiger partial charge in [-0.1, -0.05) is 15.6 Å². The van der Waals surface area contributed by atoms with Gasteiger partial charge in [0.15, 0.2) is 18.9 Å². The van der Waals surface area contributed by atoms with E-state index in [4.69, 9.17) is 105 Å². The van der Waals surface area contributed by atoms with Crippen molar-refractivity contribution in [3.8, 4) is 0 Å². The fourth-order valence-electron chi connectivity index (χ4n) is 12.1. The van der Waals surface area contributed by atoms with E-state index in [9.17, 15) is 45.0 Å². The number of rotatable bonds is 57. The number of aromatic nitrogens is 9. The molecule has 0 radical (unpaired) electrons. The molecule has 9 heterocycles. The summed E-state index contributed by atoms with van der Waals surface area (Å²) >= 11 is 0. The van der Waals surface area contributed by atoms with Crippen LogP contribution in [0.15, 0.2) is 18.6 Å². The molecule has 43 nitrogen and oxygen atoms in total. The monoisotopic (exact) mass is 1570 g/mol. The minimum Gasteiger partial charge on any atom is -0.388 e. The summed E-state index contributed by atoms with van der Waals surface area (Å²) in [5, 5.41) is 96.8. The zero-order chi connectivity index (χ0) is 75.9. The van der Waals surface area contributed by atoms with Gasteiger partial charge in [0.2, 0.25) is 17.7 Å². The highest BCUT2D eigenvalue weighted by molar-refractivity contribution is 5.85. The maximum absolute atomic E-state index is 11.5. The van der Waals surface area contributed by atoms with E-state index >= 15 is 0 Å². The van der Waals surface area contributed by atoms with Gasteiger partial charge in [0.25, 0.3) is 0 Å². The molecule has 616 valence electrons. The van der Waals surface area contributed by atoms with Crippen LogP contribution in [-0.4, -0.2) is 388 Å². The molecule has 0 spiro atoms. The molecule has 0 aromatic carbocycles. The van der Waals surface area contributed by atoms with Crippen LogP contribution in [0.3, 0.4) is 0 Å². The number of aliphatic hydroxyl groups excluding tert-OH is 6. The van der Waals surface area contributed by atoms with E-state index < -0.39 is 96.0 Å². The molecule has 3 aromatic rings. The van der Waals surface area contributed by atoms with Gasteiger partial charge in [0.1, 0.15) is 88.6 Å². The maximum Gasteiger partial charge on any atom is 0.217 e. The Morgan fingerprint density at radius 1 is 0.407 bits per heavy atom. The van der Waals surface area contributed by atoms with Gasteiger partial charge in [-0.05, 0) is 0 Å². The lowest BCUT2D eigenvalue weighted by Gasteiger charge is -2.42. The standard InChI is InChI=1S/C64H107N13O30.ClH/c1-43(78)66-49-52(81)55(84)62(40-102-58(49)105-62)37-96-25-22-93-19-16-90-13-10-87-7-4-75-28-46(69-72-75)31-99-34-61(65,35-100-32-47-29-76(73-70-47)5-8-88-11-14-91-17-20-94-23-26-97-38-63-41-103-59(106-63)50(67-44(2)79)53(82)56(63)85)36-101-33-48-30-77(74-71-48)6-9-89-12-15-92-18-21-95-24-27-98-39-64-42-104-60(107-64)51(68-45(3)80)54(83)57(64)86;/h28-30,49-60,81-86H,4-27,31-42,65H2,1-3H3,(H,66,78)(H,67,79)(H,68,80);1H/t49-,50-,51-,52-,53-,54-,55-,56-,57-,58+,59+,60+,62+,63+,64+;/m1./s1. The van der Waals surface area contributed by atoms with Crippen LogP contribution in [0.2, 0.25) is 0 Å². The first kappa shape index (κ1) is 88.6.